The van der Waals surface area contributed by atoms with Gasteiger partial charge >= 0.3 is 0 Å². The fourth-order valence-corrected chi connectivity index (χ4v) is 5.03. The Labute approximate surface area is 220 Å². The second kappa shape index (κ2) is 10.1. The normalized spacial score (nSPS) is 13.8. The standard InChI is InChI=1S/C29H27ClN6O/c1-37-22-8-10-25-24(18-22)28(23-9-7-21(30)17-26(23)33-25)35-13-15-36(16-14-35)29-31-12-11-27(34-29)32-19-20-5-3-2-4-6-20/h2-12,17-18H,13-16,19H2,1H3,(H,31,32,34). The predicted molar refractivity (Wildman–Crippen MR) is 151 cm³/mol. The van der Waals surface area contributed by atoms with Gasteiger partial charge in [-0.25, -0.2) is 9.97 Å². The summed E-state index contributed by atoms with van der Waals surface area (Å²) in [6.07, 6.45) is 1.82. The molecule has 37 heavy (non-hydrogen) atoms. The first-order valence-corrected chi connectivity index (χ1v) is 12.7. The predicted octanol–water partition coefficient (Wildman–Crippen LogP) is 5.78. The molecule has 0 amide bonds. The molecule has 0 unspecified atom stereocenters. The lowest BCUT2D eigenvalue weighted by Crippen LogP contribution is -2.47. The smallest absolute Gasteiger partial charge is 0.227 e. The van der Waals surface area contributed by atoms with E-state index in [0.29, 0.717) is 5.02 Å². The van der Waals surface area contributed by atoms with Gasteiger partial charge in [0, 0.05) is 54.7 Å². The number of halogens is 1. The Balaban J connectivity index is 1.25. The highest BCUT2D eigenvalue weighted by Crippen LogP contribution is 2.37. The first-order valence-electron chi connectivity index (χ1n) is 12.4. The Kier molecular flexibility index (Phi) is 6.37. The van der Waals surface area contributed by atoms with Crippen LogP contribution in [0, 0.1) is 0 Å². The van der Waals surface area contributed by atoms with Crippen molar-refractivity contribution in [2.24, 2.45) is 0 Å². The molecular weight excluding hydrogens is 484 g/mol. The molecule has 5 aromatic rings. The number of anilines is 3. The second-order valence-electron chi connectivity index (χ2n) is 9.06. The van der Waals surface area contributed by atoms with Gasteiger partial charge in [0.1, 0.15) is 11.6 Å². The minimum Gasteiger partial charge on any atom is -0.497 e. The summed E-state index contributed by atoms with van der Waals surface area (Å²) in [7, 11) is 1.69. The van der Waals surface area contributed by atoms with Crippen molar-refractivity contribution in [1.29, 1.82) is 0 Å². The van der Waals surface area contributed by atoms with E-state index in [0.717, 1.165) is 77.7 Å². The SMILES string of the molecule is COc1ccc2nc3cc(Cl)ccc3c(N3CCN(c4nccc(NCc5ccccc5)n4)CC3)c2c1. The van der Waals surface area contributed by atoms with E-state index in [1.54, 1.807) is 7.11 Å². The van der Waals surface area contributed by atoms with Crippen LogP contribution in [0.5, 0.6) is 5.75 Å². The van der Waals surface area contributed by atoms with E-state index in [9.17, 15) is 0 Å². The fourth-order valence-electron chi connectivity index (χ4n) is 4.86. The van der Waals surface area contributed by atoms with Gasteiger partial charge in [-0.05, 0) is 48.0 Å². The largest absolute Gasteiger partial charge is 0.497 e. The van der Waals surface area contributed by atoms with Crippen LogP contribution in [0.15, 0.2) is 79.0 Å². The number of hydrogen-bond acceptors (Lipinski definition) is 7. The van der Waals surface area contributed by atoms with Gasteiger partial charge < -0.3 is 19.9 Å². The topological polar surface area (TPSA) is 66.4 Å². The van der Waals surface area contributed by atoms with E-state index in [4.69, 9.17) is 26.3 Å². The molecule has 3 aromatic carbocycles. The molecule has 1 aliphatic heterocycles. The van der Waals surface area contributed by atoms with Crippen molar-refractivity contribution in [3.05, 3.63) is 89.6 Å². The Morgan fingerprint density at radius 3 is 2.46 bits per heavy atom. The van der Waals surface area contributed by atoms with Gasteiger partial charge in [-0.1, -0.05) is 41.9 Å². The van der Waals surface area contributed by atoms with Gasteiger partial charge in [0.25, 0.3) is 0 Å². The van der Waals surface area contributed by atoms with Gasteiger partial charge in [0.05, 0.1) is 23.8 Å². The number of benzene rings is 3. The van der Waals surface area contributed by atoms with Crippen molar-refractivity contribution in [2.75, 3.05) is 48.4 Å². The van der Waals surface area contributed by atoms with Crippen molar-refractivity contribution >= 4 is 50.9 Å². The zero-order chi connectivity index (χ0) is 25.2. The van der Waals surface area contributed by atoms with Crippen LogP contribution in [0.3, 0.4) is 0 Å². The highest BCUT2D eigenvalue weighted by Gasteiger charge is 2.23. The van der Waals surface area contributed by atoms with E-state index >= 15 is 0 Å². The van der Waals surface area contributed by atoms with E-state index in [1.807, 2.05) is 54.7 Å². The molecule has 0 aliphatic carbocycles. The third-order valence-electron chi connectivity index (χ3n) is 6.75. The van der Waals surface area contributed by atoms with E-state index in [1.165, 1.54) is 5.56 Å². The molecule has 0 spiro atoms. The average Bonchev–Trinajstić information content (AvgIpc) is 2.95. The Morgan fingerprint density at radius 2 is 1.65 bits per heavy atom. The van der Waals surface area contributed by atoms with Crippen LogP contribution >= 0.6 is 11.6 Å². The molecule has 186 valence electrons. The Morgan fingerprint density at radius 1 is 0.838 bits per heavy atom. The summed E-state index contributed by atoms with van der Waals surface area (Å²) >= 11 is 6.31. The van der Waals surface area contributed by atoms with Gasteiger partial charge in [-0.3, -0.25) is 0 Å². The molecule has 6 rings (SSSR count). The summed E-state index contributed by atoms with van der Waals surface area (Å²) in [4.78, 5) is 18.9. The van der Waals surface area contributed by atoms with Gasteiger partial charge in [0.2, 0.25) is 5.95 Å². The molecule has 7 nitrogen and oxygen atoms in total. The molecule has 0 radical (unpaired) electrons. The zero-order valence-electron chi connectivity index (χ0n) is 20.6. The van der Waals surface area contributed by atoms with Crippen LogP contribution in [0.25, 0.3) is 21.8 Å². The van der Waals surface area contributed by atoms with Gasteiger partial charge in [-0.2, -0.15) is 4.98 Å². The van der Waals surface area contributed by atoms with Gasteiger partial charge in [-0.15, -0.1) is 0 Å². The maximum atomic E-state index is 6.31. The number of ether oxygens (including phenoxy) is 1. The highest BCUT2D eigenvalue weighted by molar-refractivity contribution is 6.31. The van der Waals surface area contributed by atoms with E-state index < -0.39 is 0 Å². The summed E-state index contributed by atoms with van der Waals surface area (Å²) < 4.78 is 5.53. The van der Waals surface area contributed by atoms with Crippen LogP contribution in [0.2, 0.25) is 5.02 Å². The molecule has 1 fully saturated rings. The number of aromatic nitrogens is 3. The highest BCUT2D eigenvalue weighted by atomic mass is 35.5. The molecule has 2 aromatic heterocycles. The Bertz CT molecular complexity index is 1550. The van der Waals surface area contributed by atoms with Crippen molar-refractivity contribution in [2.45, 2.75) is 6.54 Å². The molecule has 0 atom stereocenters. The fraction of sp³-hybridized carbons (Fsp3) is 0.207. The minimum atomic E-state index is 0.682. The molecule has 3 heterocycles. The molecule has 0 saturated carbocycles. The number of piperazine rings is 1. The third kappa shape index (κ3) is 4.82. The zero-order valence-corrected chi connectivity index (χ0v) is 21.3. The van der Waals surface area contributed by atoms with Crippen LogP contribution in [-0.2, 0) is 6.54 Å². The summed E-state index contributed by atoms with van der Waals surface area (Å²) in [6, 6.07) is 24.2. The number of pyridine rings is 1. The number of rotatable bonds is 6. The number of methoxy groups -OCH3 is 1. The van der Waals surface area contributed by atoms with Crippen molar-refractivity contribution in [3.63, 3.8) is 0 Å². The molecule has 1 aliphatic rings. The van der Waals surface area contributed by atoms with E-state index in [2.05, 4.69) is 44.4 Å². The molecular formula is C29H27ClN6O. The molecule has 1 saturated heterocycles. The number of nitrogens with zero attached hydrogens (tertiary/aromatic N) is 5. The number of hydrogen-bond donors (Lipinski definition) is 1. The molecule has 1 N–H and O–H groups in total. The first kappa shape index (κ1) is 23.3. The lowest BCUT2D eigenvalue weighted by molar-refractivity contribution is 0.415. The Hall–Kier alpha value is -4.10. The van der Waals surface area contributed by atoms with Crippen LogP contribution in [0.4, 0.5) is 17.5 Å². The van der Waals surface area contributed by atoms with Crippen molar-refractivity contribution < 1.29 is 4.74 Å². The monoisotopic (exact) mass is 510 g/mol. The maximum Gasteiger partial charge on any atom is 0.227 e. The number of nitrogens with one attached hydrogen (secondary N) is 1. The molecule has 0 bridgehead atoms. The summed E-state index contributed by atoms with van der Waals surface area (Å²) in [5, 5.41) is 6.25. The summed E-state index contributed by atoms with van der Waals surface area (Å²) in [5.41, 5.74) is 4.19. The molecule has 8 heteroatoms. The van der Waals surface area contributed by atoms with Crippen LogP contribution in [0.1, 0.15) is 5.56 Å². The second-order valence-corrected chi connectivity index (χ2v) is 9.50. The lowest BCUT2D eigenvalue weighted by atomic mass is 10.1. The first-order chi connectivity index (χ1) is 18.2. The van der Waals surface area contributed by atoms with Crippen LogP contribution in [-0.4, -0.2) is 48.2 Å². The average molecular weight is 511 g/mol. The lowest BCUT2D eigenvalue weighted by Gasteiger charge is -2.37. The van der Waals surface area contributed by atoms with Crippen molar-refractivity contribution in [3.8, 4) is 5.75 Å². The summed E-state index contributed by atoms with van der Waals surface area (Å²) in [5.74, 6) is 2.39. The van der Waals surface area contributed by atoms with Gasteiger partial charge in [0.15, 0.2) is 0 Å². The summed E-state index contributed by atoms with van der Waals surface area (Å²) in [6.45, 7) is 4.01. The number of fused-ring (bicyclic) bond motifs is 2. The maximum absolute atomic E-state index is 6.31. The third-order valence-corrected chi connectivity index (χ3v) is 6.99. The quantitative estimate of drug-likeness (QED) is 0.290. The minimum absolute atomic E-state index is 0.682. The van der Waals surface area contributed by atoms with Crippen molar-refractivity contribution in [1.82, 2.24) is 15.0 Å². The van der Waals surface area contributed by atoms with E-state index in [-0.39, 0.29) is 0 Å². The van der Waals surface area contributed by atoms with Crippen LogP contribution < -0.4 is 19.9 Å².